The topological polar surface area (TPSA) is 122 Å². The van der Waals surface area contributed by atoms with E-state index >= 15 is 0 Å². The molecule has 1 aromatic carbocycles. The van der Waals surface area contributed by atoms with E-state index < -0.39 is 0 Å². The van der Waals surface area contributed by atoms with E-state index in [-0.39, 0.29) is 11.3 Å². The van der Waals surface area contributed by atoms with Crippen LogP contribution in [-0.4, -0.2) is 4.98 Å². The quantitative estimate of drug-likeness (QED) is 0.851. The first-order valence-corrected chi connectivity index (χ1v) is 5.56. The molecule has 1 heterocycles. The van der Waals surface area contributed by atoms with Crippen LogP contribution in [0.5, 0.6) is 0 Å². The second-order valence-corrected chi connectivity index (χ2v) is 3.86. The van der Waals surface area contributed by atoms with Crippen molar-refractivity contribution >= 4 is 17.2 Å². The maximum atomic E-state index is 8.95. The van der Waals surface area contributed by atoms with E-state index in [0.717, 1.165) is 0 Å². The standard InChI is InChI=1S/C14H8N6/c15-6-9-1-2-11(5-10(9)7-16)19-14-4-3-12(18)13(8-17)20-14/h1-5H,18H2,(H,19,20). The summed E-state index contributed by atoms with van der Waals surface area (Å²) in [6.45, 7) is 0. The van der Waals surface area contributed by atoms with Crippen LogP contribution in [0.1, 0.15) is 16.8 Å². The highest BCUT2D eigenvalue weighted by Crippen LogP contribution is 2.20. The molecule has 0 spiro atoms. The average Bonchev–Trinajstić information content (AvgIpc) is 2.49. The van der Waals surface area contributed by atoms with Crippen molar-refractivity contribution in [2.24, 2.45) is 0 Å². The van der Waals surface area contributed by atoms with Gasteiger partial charge in [-0.05, 0) is 30.3 Å². The van der Waals surface area contributed by atoms with E-state index in [0.29, 0.717) is 22.8 Å². The summed E-state index contributed by atoms with van der Waals surface area (Å²) in [7, 11) is 0. The van der Waals surface area contributed by atoms with Crippen molar-refractivity contribution in [1.29, 1.82) is 15.8 Å². The van der Waals surface area contributed by atoms with Crippen LogP contribution in [0.3, 0.4) is 0 Å². The smallest absolute Gasteiger partial charge is 0.165 e. The Balaban J connectivity index is 2.34. The fourth-order valence-electron chi connectivity index (χ4n) is 1.59. The first-order valence-electron chi connectivity index (χ1n) is 5.56. The van der Waals surface area contributed by atoms with E-state index in [4.69, 9.17) is 21.5 Å². The number of nitrogens with one attached hydrogen (secondary N) is 1. The summed E-state index contributed by atoms with van der Waals surface area (Å²) in [5.74, 6) is 0.435. The Kier molecular flexibility index (Phi) is 3.47. The second-order valence-electron chi connectivity index (χ2n) is 3.86. The number of nitriles is 3. The van der Waals surface area contributed by atoms with Crippen molar-refractivity contribution in [2.45, 2.75) is 0 Å². The molecule has 20 heavy (non-hydrogen) atoms. The number of nitrogens with two attached hydrogens (primary N) is 1. The van der Waals surface area contributed by atoms with Gasteiger partial charge in [0.2, 0.25) is 0 Å². The Morgan fingerprint density at radius 1 is 0.950 bits per heavy atom. The third-order valence-corrected chi connectivity index (χ3v) is 2.57. The Bertz CT molecular complexity index is 789. The maximum Gasteiger partial charge on any atom is 0.165 e. The number of rotatable bonds is 2. The summed E-state index contributed by atoms with van der Waals surface area (Å²) in [6.07, 6.45) is 0. The number of aromatic nitrogens is 1. The molecule has 6 heteroatoms. The molecule has 0 unspecified atom stereocenters. The minimum Gasteiger partial charge on any atom is -0.396 e. The maximum absolute atomic E-state index is 8.95. The monoisotopic (exact) mass is 260 g/mol. The van der Waals surface area contributed by atoms with Gasteiger partial charge in [0.15, 0.2) is 5.69 Å². The van der Waals surface area contributed by atoms with Crippen LogP contribution in [0, 0.1) is 34.0 Å². The van der Waals surface area contributed by atoms with Crippen LogP contribution < -0.4 is 11.1 Å². The zero-order valence-electron chi connectivity index (χ0n) is 10.3. The number of pyridine rings is 1. The van der Waals surface area contributed by atoms with E-state index in [1.54, 1.807) is 30.3 Å². The van der Waals surface area contributed by atoms with E-state index in [1.807, 2.05) is 18.2 Å². The Morgan fingerprint density at radius 3 is 2.35 bits per heavy atom. The van der Waals surface area contributed by atoms with E-state index in [9.17, 15) is 0 Å². The lowest BCUT2D eigenvalue weighted by atomic mass is 10.1. The van der Waals surface area contributed by atoms with Gasteiger partial charge in [0.05, 0.1) is 16.8 Å². The van der Waals surface area contributed by atoms with Gasteiger partial charge in [-0.3, -0.25) is 0 Å². The molecule has 1 aromatic heterocycles. The summed E-state index contributed by atoms with van der Waals surface area (Å²) < 4.78 is 0. The van der Waals surface area contributed by atoms with Crippen LogP contribution >= 0.6 is 0 Å². The van der Waals surface area contributed by atoms with Crippen LogP contribution in [0.2, 0.25) is 0 Å². The number of anilines is 3. The predicted octanol–water partition coefficient (Wildman–Crippen LogP) is 2.02. The van der Waals surface area contributed by atoms with Crippen LogP contribution in [0.15, 0.2) is 30.3 Å². The van der Waals surface area contributed by atoms with Gasteiger partial charge in [-0.25, -0.2) is 4.98 Å². The average molecular weight is 260 g/mol. The number of nitrogens with zero attached hydrogens (tertiary/aromatic N) is 4. The van der Waals surface area contributed by atoms with Gasteiger partial charge in [0.1, 0.15) is 24.0 Å². The minimum absolute atomic E-state index is 0.129. The molecule has 0 atom stereocenters. The van der Waals surface area contributed by atoms with Crippen molar-refractivity contribution in [3.63, 3.8) is 0 Å². The van der Waals surface area contributed by atoms with Gasteiger partial charge in [-0.2, -0.15) is 15.8 Å². The summed E-state index contributed by atoms with van der Waals surface area (Å²) in [4.78, 5) is 4.04. The lowest BCUT2D eigenvalue weighted by Crippen LogP contribution is -1.99. The van der Waals surface area contributed by atoms with Crippen LogP contribution in [0.25, 0.3) is 0 Å². The normalized spacial score (nSPS) is 9.05. The molecule has 0 radical (unpaired) electrons. The highest BCUT2D eigenvalue weighted by molar-refractivity contribution is 5.64. The van der Waals surface area contributed by atoms with Crippen LogP contribution in [0.4, 0.5) is 17.2 Å². The predicted molar refractivity (Wildman–Crippen MR) is 72.5 cm³/mol. The molecule has 0 aliphatic carbocycles. The molecular weight excluding hydrogens is 252 g/mol. The Morgan fingerprint density at radius 2 is 1.70 bits per heavy atom. The van der Waals surface area contributed by atoms with Crippen LogP contribution in [-0.2, 0) is 0 Å². The molecule has 0 aliphatic heterocycles. The molecule has 0 saturated carbocycles. The fourth-order valence-corrected chi connectivity index (χ4v) is 1.59. The summed E-state index contributed by atoms with van der Waals surface area (Å²) >= 11 is 0. The number of hydrogen-bond donors (Lipinski definition) is 2. The third-order valence-electron chi connectivity index (χ3n) is 2.57. The molecule has 2 aromatic rings. The number of hydrogen-bond acceptors (Lipinski definition) is 6. The molecule has 0 saturated heterocycles. The number of benzene rings is 1. The van der Waals surface area contributed by atoms with E-state index in [2.05, 4.69) is 10.3 Å². The van der Waals surface area contributed by atoms with E-state index in [1.165, 1.54) is 0 Å². The molecule has 2 rings (SSSR count). The Hall–Kier alpha value is -3.56. The zero-order valence-corrected chi connectivity index (χ0v) is 10.3. The highest BCUT2D eigenvalue weighted by atomic mass is 15.0. The molecule has 6 nitrogen and oxygen atoms in total. The summed E-state index contributed by atoms with van der Waals surface area (Å²) in [5, 5.41) is 29.6. The molecule has 0 bridgehead atoms. The SMILES string of the molecule is N#Cc1ccc(Nc2ccc(N)c(C#N)n2)cc1C#N. The molecule has 94 valence electrons. The lowest BCUT2D eigenvalue weighted by Gasteiger charge is -2.07. The Labute approximate surface area is 115 Å². The fraction of sp³-hybridized carbons (Fsp3) is 0. The van der Waals surface area contributed by atoms with Gasteiger partial charge in [0, 0.05) is 5.69 Å². The second kappa shape index (κ2) is 5.39. The van der Waals surface area contributed by atoms with Gasteiger partial charge >= 0.3 is 0 Å². The molecule has 3 N–H and O–H groups in total. The van der Waals surface area contributed by atoms with Crippen molar-refractivity contribution < 1.29 is 0 Å². The van der Waals surface area contributed by atoms with Crippen molar-refractivity contribution in [2.75, 3.05) is 11.1 Å². The minimum atomic E-state index is 0.129. The summed E-state index contributed by atoms with van der Waals surface area (Å²) in [5.41, 5.74) is 7.19. The first kappa shape index (κ1) is 12.9. The molecular formula is C14H8N6. The largest absolute Gasteiger partial charge is 0.396 e. The van der Waals surface area contributed by atoms with Gasteiger partial charge in [-0.1, -0.05) is 0 Å². The third kappa shape index (κ3) is 2.48. The van der Waals surface area contributed by atoms with Crippen molar-refractivity contribution in [1.82, 2.24) is 4.98 Å². The van der Waals surface area contributed by atoms with Gasteiger partial charge < -0.3 is 11.1 Å². The molecule has 0 aliphatic rings. The number of nitrogen functional groups attached to an aromatic ring is 1. The van der Waals surface area contributed by atoms with Crippen molar-refractivity contribution in [3.8, 4) is 18.2 Å². The lowest BCUT2D eigenvalue weighted by molar-refractivity contribution is 1.26. The first-order chi connectivity index (χ1) is 9.67. The summed E-state index contributed by atoms with van der Waals surface area (Å²) in [6, 6.07) is 13.7. The highest BCUT2D eigenvalue weighted by Gasteiger charge is 2.05. The molecule has 0 fully saturated rings. The zero-order chi connectivity index (χ0) is 14.5. The molecule has 0 amide bonds. The van der Waals surface area contributed by atoms with Gasteiger partial charge in [0.25, 0.3) is 0 Å². The van der Waals surface area contributed by atoms with Crippen molar-refractivity contribution in [3.05, 3.63) is 47.2 Å². The van der Waals surface area contributed by atoms with Gasteiger partial charge in [-0.15, -0.1) is 0 Å².